The molecule has 0 aliphatic heterocycles. The predicted molar refractivity (Wildman–Crippen MR) is 125 cm³/mol. The molecule has 0 saturated heterocycles. The van der Waals surface area contributed by atoms with Crippen molar-refractivity contribution in [2.45, 2.75) is 44.3 Å². The van der Waals surface area contributed by atoms with Crippen LogP contribution < -0.4 is 21.0 Å². The smallest absolute Gasteiger partial charge is 0.378 e. The molecule has 8 nitrogen and oxygen atoms in total. The summed E-state index contributed by atoms with van der Waals surface area (Å²) in [5.41, 5.74) is 2.11. The zero-order chi connectivity index (χ0) is 26.0. The lowest BCUT2D eigenvalue weighted by molar-refractivity contribution is -0.137. The van der Waals surface area contributed by atoms with Gasteiger partial charge in [-0.15, -0.1) is 0 Å². The normalized spacial score (nSPS) is 11.9. The van der Waals surface area contributed by atoms with E-state index in [-0.39, 0.29) is 18.4 Å². The highest BCUT2D eigenvalue weighted by atomic mass is 19.4. The lowest BCUT2D eigenvalue weighted by Crippen LogP contribution is -2.43. The number of halogens is 3. The first-order valence-electron chi connectivity index (χ1n) is 11.0. The van der Waals surface area contributed by atoms with Crippen molar-refractivity contribution in [2.75, 3.05) is 24.3 Å². The van der Waals surface area contributed by atoms with Crippen molar-refractivity contribution in [1.29, 1.82) is 0 Å². The fraction of sp³-hybridized carbons (Fsp3) is 0.375. The minimum Gasteiger partial charge on any atom is -0.378 e. The molecule has 0 fully saturated rings. The number of hydrogen-bond donors (Lipinski definition) is 4. The summed E-state index contributed by atoms with van der Waals surface area (Å²) in [6.07, 6.45) is -2.64. The molecule has 0 bridgehead atoms. The number of hydroxylamine groups is 1. The van der Waals surface area contributed by atoms with E-state index >= 15 is 0 Å². The monoisotopic (exact) mass is 494 g/mol. The van der Waals surface area contributed by atoms with Gasteiger partial charge in [-0.25, -0.2) is 5.48 Å². The molecule has 0 aromatic heterocycles. The second-order valence-electron chi connectivity index (χ2n) is 8.17. The van der Waals surface area contributed by atoms with E-state index in [9.17, 15) is 27.6 Å². The fourth-order valence-corrected chi connectivity index (χ4v) is 3.26. The first-order chi connectivity index (χ1) is 16.5. The lowest BCUT2D eigenvalue weighted by Gasteiger charge is -2.19. The Kier molecular flexibility index (Phi) is 10.1. The predicted octanol–water partition coefficient (Wildman–Crippen LogP) is 3.96. The molecule has 3 amide bonds. The third-order valence-corrected chi connectivity index (χ3v) is 5.27. The summed E-state index contributed by atoms with van der Waals surface area (Å²) in [6.45, 7) is 0. The van der Waals surface area contributed by atoms with Gasteiger partial charge in [0.25, 0.3) is 5.91 Å². The molecular weight excluding hydrogens is 465 g/mol. The van der Waals surface area contributed by atoms with Gasteiger partial charge in [0, 0.05) is 37.5 Å². The summed E-state index contributed by atoms with van der Waals surface area (Å²) >= 11 is 0. The number of benzene rings is 2. The molecule has 190 valence electrons. The van der Waals surface area contributed by atoms with E-state index in [2.05, 4.69) is 10.6 Å². The summed E-state index contributed by atoms with van der Waals surface area (Å²) in [7, 11) is 3.76. The molecule has 0 aliphatic rings. The van der Waals surface area contributed by atoms with Gasteiger partial charge in [-0.1, -0.05) is 12.8 Å². The van der Waals surface area contributed by atoms with Gasteiger partial charge in [-0.2, -0.15) is 13.2 Å². The number of nitrogens with zero attached hydrogens (tertiary/aromatic N) is 1. The molecule has 0 aliphatic carbocycles. The number of carbonyl (C=O) groups excluding carboxylic acids is 3. The molecule has 0 unspecified atom stereocenters. The van der Waals surface area contributed by atoms with Crippen LogP contribution in [-0.4, -0.2) is 43.1 Å². The number of hydrogen-bond acceptors (Lipinski definition) is 5. The van der Waals surface area contributed by atoms with Crippen LogP contribution in [0, 0.1) is 0 Å². The van der Waals surface area contributed by atoms with E-state index in [1.807, 2.05) is 31.1 Å². The van der Waals surface area contributed by atoms with Crippen LogP contribution in [0.15, 0.2) is 48.5 Å². The molecule has 0 spiro atoms. The molecule has 2 aromatic rings. The van der Waals surface area contributed by atoms with Crippen molar-refractivity contribution in [3.63, 3.8) is 0 Å². The number of rotatable bonds is 11. The molecule has 0 saturated carbocycles. The average Bonchev–Trinajstić information content (AvgIpc) is 2.82. The van der Waals surface area contributed by atoms with Crippen molar-refractivity contribution >= 4 is 29.1 Å². The molecular formula is C24H29F3N4O4. The Morgan fingerprint density at radius 1 is 0.943 bits per heavy atom. The summed E-state index contributed by atoms with van der Waals surface area (Å²) in [6, 6.07) is 9.84. The zero-order valence-electron chi connectivity index (χ0n) is 19.5. The summed E-state index contributed by atoms with van der Waals surface area (Å²) in [5.74, 6) is -1.67. The van der Waals surface area contributed by atoms with Crippen LogP contribution in [0.5, 0.6) is 0 Å². The number of unbranched alkanes of at least 4 members (excludes halogenated alkanes) is 2. The van der Waals surface area contributed by atoms with E-state index < -0.39 is 35.5 Å². The third kappa shape index (κ3) is 8.93. The first kappa shape index (κ1) is 27.6. The maximum Gasteiger partial charge on any atom is 0.416 e. The first-order valence-corrected chi connectivity index (χ1v) is 11.0. The quantitative estimate of drug-likeness (QED) is 0.215. The van der Waals surface area contributed by atoms with Gasteiger partial charge < -0.3 is 15.5 Å². The number of nitrogens with one attached hydrogen (secondary N) is 3. The Labute approximate surface area is 201 Å². The topological polar surface area (TPSA) is 111 Å². The summed E-state index contributed by atoms with van der Waals surface area (Å²) in [5, 5.41) is 13.9. The van der Waals surface area contributed by atoms with Crippen LogP contribution >= 0.6 is 0 Å². The fourth-order valence-electron chi connectivity index (χ4n) is 3.26. The van der Waals surface area contributed by atoms with Gasteiger partial charge >= 0.3 is 6.18 Å². The van der Waals surface area contributed by atoms with Crippen LogP contribution in [0.2, 0.25) is 0 Å². The van der Waals surface area contributed by atoms with Gasteiger partial charge in [0.05, 0.1) is 5.56 Å². The standard InChI is InChI=1S/C24H29F3N4O4/c1-31(2)19-14-12-18(13-15-19)28-23(34)20(6-4-3-5-7-21(32)30-35)29-22(33)16-8-10-17(11-9-16)24(25,26)27/h8-15,20,35H,3-7H2,1-2H3,(H,28,34)(H,29,33)(H,30,32)/t20-/m0/s1. The Morgan fingerprint density at radius 2 is 1.57 bits per heavy atom. The van der Waals surface area contributed by atoms with E-state index in [0.717, 1.165) is 30.0 Å². The van der Waals surface area contributed by atoms with E-state index in [0.29, 0.717) is 24.9 Å². The Bertz CT molecular complexity index is 993. The van der Waals surface area contributed by atoms with E-state index in [1.165, 1.54) is 0 Å². The van der Waals surface area contributed by atoms with Gasteiger partial charge in [0.15, 0.2) is 0 Å². The molecule has 4 N–H and O–H groups in total. The van der Waals surface area contributed by atoms with E-state index in [1.54, 1.807) is 17.6 Å². The molecule has 0 radical (unpaired) electrons. The largest absolute Gasteiger partial charge is 0.416 e. The van der Waals surface area contributed by atoms with Crippen molar-refractivity contribution in [1.82, 2.24) is 10.8 Å². The average molecular weight is 495 g/mol. The van der Waals surface area contributed by atoms with Gasteiger partial charge in [-0.05, 0) is 61.4 Å². The Morgan fingerprint density at radius 3 is 2.11 bits per heavy atom. The maximum absolute atomic E-state index is 12.9. The number of alkyl halides is 3. The zero-order valence-corrected chi connectivity index (χ0v) is 19.5. The number of anilines is 2. The number of amides is 3. The van der Waals surface area contributed by atoms with Crippen molar-refractivity contribution in [3.8, 4) is 0 Å². The van der Waals surface area contributed by atoms with Crippen molar-refractivity contribution in [2.24, 2.45) is 0 Å². The molecule has 1 atom stereocenters. The van der Waals surface area contributed by atoms with E-state index in [4.69, 9.17) is 5.21 Å². The van der Waals surface area contributed by atoms with Crippen LogP contribution in [0.25, 0.3) is 0 Å². The van der Waals surface area contributed by atoms with Crippen LogP contribution in [0.3, 0.4) is 0 Å². The van der Waals surface area contributed by atoms with Gasteiger partial charge in [0.1, 0.15) is 6.04 Å². The molecule has 2 aromatic carbocycles. The van der Waals surface area contributed by atoms with Crippen LogP contribution in [-0.2, 0) is 15.8 Å². The third-order valence-electron chi connectivity index (χ3n) is 5.27. The van der Waals surface area contributed by atoms with Crippen molar-refractivity contribution in [3.05, 3.63) is 59.7 Å². The minimum absolute atomic E-state index is 0.00856. The highest BCUT2D eigenvalue weighted by Gasteiger charge is 2.30. The van der Waals surface area contributed by atoms with Gasteiger partial charge in [0.2, 0.25) is 11.8 Å². The molecule has 2 rings (SSSR count). The second-order valence-corrected chi connectivity index (χ2v) is 8.17. The highest BCUT2D eigenvalue weighted by Crippen LogP contribution is 2.29. The molecule has 11 heteroatoms. The highest BCUT2D eigenvalue weighted by molar-refractivity contribution is 6.01. The molecule has 0 heterocycles. The second kappa shape index (κ2) is 12.7. The Hall–Kier alpha value is -3.60. The molecule has 35 heavy (non-hydrogen) atoms. The summed E-state index contributed by atoms with van der Waals surface area (Å²) in [4.78, 5) is 38.6. The van der Waals surface area contributed by atoms with Crippen molar-refractivity contribution < 1.29 is 32.8 Å². The SMILES string of the molecule is CN(C)c1ccc(NC(=O)[C@H](CCCCCC(=O)NO)NC(=O)c2ccc(C(F)(F)F)cc2)cc1. The Balaban J connectivity index is 2.07. The van der Waals surface area contributed by atoms with Crippen LogP contribution in [0.4, 0.5) is 24.5 Å². The number of carbonyl (C=O) groups is 3. The maximum atomic E-state index is 12.9. The minimum atomic E-state index is -4.52. The van der Waals surface area contributed by atoms with Gasteiger partial charge in [-0.3, -0.25) is 19.6 Å². The lowest BCUT2D eigenvalue weighted by atomic mass is 10.0. The van der Waals surface area contributed by atoms with Crippen LogP contribution in [0.1, 0.15) is 48.0 Å². The summed E-state index contributed by atoms with van der Waals surface area (Å²) < 4.78 is 38.4.